The van der Waals surface area contributed by atoms with Gasteiger partial charge in [-0.15, -0.1) is 0 Å². The molecule has 0 radical (unpaired) electrons. The standard InChI is InChI=1S/C11H11NO3/c1-15-10(14)11(12)6-7-4-2-3-5-8(7)9(11)13/h2-5H,6,12H2,1H3/t11-/m1/s1. The second kappa shape index (κ2) is 3.17. The Morgan fingerprint density at radius 2 is 2.13 bits per heavy atom. The normalized spacial score (nSPS) is 23.7. The van der Waals surface area contributed by atoms with E-state index in [0.717, 1.165) is 5.56 Å². The van der Waals surface area contributed by atoms with Crippen molar-refractivity contribution in [2.45, 2.75) is 12.0 Å². The van der Waals surface area contributed by atoms with Crippen molar-refractivity contribution in [1.29, 1.82) is 0 Å². The summed E-state index contributed by atoms with van der Waals surface area (Å²) in [5.41, 5.74) is 5.57. The summed E-state index contributed by atoms with van der Waals surface area (Å²) in [5, 5.41) is 0. The Morgan fingerprint density at radius 1 is 1.47 bits per heavy atom. The van der Waals surface area contributed by atoms with Gasteiger partial charge in [0.2, 0.25) is 0 Å². The molecule has 0 amide bonds. The van der Waals surface area contributed by atoms with Crippen molar-refractivity contribution in [2.75, 3.05) is 7.11 Å². The van der Waals surface area contributed by atoms with Gasteiger partial charge in [-0.25, -0.2) is 4.79 Å². The molecule has 0 aliphatic heterocycles. The van der Waals surface area contributed by atoms with E-state index < -0.39 is 11.5 Å². The van der Waals surface area contributed by atoms with Gasteiger partial charge in [0.05, 0.1) is 7.11 Å². The largest absolute Gasteiger partial charge is 0.467 e. The van der Waals surface area contributed by atoms with Gasteiger partial charge in [-0.2, -0.15) is 0 Å². The molecule has 0 spiro atoms. The second-order valence-electron chi connectivity index (χ2n) is 3.63. The average Bonchev–Trinajstić information content (AvgIpc) is 2.52. The van der Waals surface area contributed by atoms with Crippen molar-refractivity contribution in [1.82, 2.24) is 0 Å². The van der Waals surface area contributed by atoms with Crippen LogP contribution in [0.1, 0.15) is 15.9 Å². The van der Waals surface area contributed by atoms with Gasteiger partial charge in [0.25, 0.3) is 0 Å². The Morgan fingerprint density at radius 3 is 2.73 bits per heavy atom. The van der Waals surface area contributed by atoms with Gasteiger partial charge >= 0.3 is 5.97 Å². The third-order valence-corrected chi connectivity index (χ3v) is 2.69. The fourth-order valence-electron chi connectivity index (χ4n) is 1.86. The van der Waals surface area contributed by atoms with Crippen molar-refractivity contribution >= 4 is 11.8 Å². The molecule has 78 valence electrons. The lowest BCUT2D eigenvalue weighted by Crippen LogP contribution is -2.54. The van der Waals surface area contributed by atoms with Gasteiger partial charge < -0.3 is 10.5 Å². The SMILES string of the molecule is COC(=O)[C@@]1(N)Cc2ccccc2C1=O. The highest BCUT2D eigenvalue weighted by atomic mass is 16.5. The first-order chi connectivity index (χ1) is 7.09. The van der Waals surface area contributed by atoms with Gasteiger partial charge in [-0.1, -0.05) is 24.3 Å². The van der Waals surface area contributed by atoms with Gasteiger partial charge in [0, 0.05) is 12.0 Å². The summed E-state index contributed by atoms with van der Waals surface area (Å²) in [4.78, 5) is 23.3. The zero-order valence-electron chi connectivity index (χ0n) is 8.32. The Bertz CT molecular complexity index is 441. The van der Waals surface area contributed by atoms with E-state index >= 15 is 0 Å². The molecule has 1 aromatic carbocycles. The number of ketones is 1. The molecular weight excluding hydrogens is 194 g/mol. The molecule has 2 rings (SSSR count). The Hall–Kier alpha value is -1.68. The molecule has 4 heteroatoms. The lowest BCUT2D eigenvalue weighted by molar-refractivity contribution is -0.144. The van der Waals surface area contributed by atoms with Crippen molar-refractivity contribution < 1.29 is 14.3 Å². The fraction of sp³-hybridized carbons (Fsp3) is 0.273. The van der Waals surface area contributed by atoms with Crippen LogP contribution in [0.15, 0.2) is 24.3 Å². The minimum absolute atomic E-state index is 0.217. The third-order valence-electron chi connectivity index (χ3n) is 2.69. The number of hydrogen-bond acceptors (Lipinski definition) is 4. The molecule has 15 heavy (non-hydrogen) atoms. The molecule has 0 saturated carbocycles. The molecule has 1 atom stereocenters. The summed E-state index contributed by atoms with van der Waals surface area (Å²) in [6.07, 6.45) is 0.217. The number of methoxy groups -OCH3 is 1. The van der Waals surface area contributed by atoms with E-state index in [1.54, 1.807) is 18.2 Å². The van der Waals surface area contributed by atoms with Crippen LogP contribution in [0, 0.1) is 0 Å². The number of carbonyl (C=O) groups excluding carboxylic acids is 2. The summed E-state index contributed by atoms with van der Waals surface area (Å²) in [6, 6.07) is 7.04. The predicted molar refractivity (Wildman–Crippen MR) is 53.4 cm³/mol. The summed E-state index contributed by atoms with van der Waals surface area (Å²) in [7, 11) is 1.23. The molecular formula is C11H11NO3. The van der Waals surface area contributed by atoms with Crippen molar-refractivity contribution in [2.24, 2.45) is 5.73 Å². The van der Waals surface area contributed by atoms with Gasteiger partial charge in [-0.05, 0) is 5.56 Å². The molecule has 0 aromatic heterocycles. The van der Waals surface area contributed by atoms with E-state index in [-0.39, 0.29) is 12.2 Å². The summed E-state index contributed by atoms with van der Waals surface area (Å²) < 4.78 is 4.55. The summed E-state index contributed by atoms with van der Waals surface area (Å²) in [6.45, 7) is 0. The molecule has 0 heterocycles. The molecule has 0 saturated heterocycles. The first-order valence-electron chi connectivity index (χ1n) is 4.59. The highest BCUT2D eigenvalue weighted by Gasteiger charge is 2.49. The quantitative estimate of drug-likeness (QED) is 0.528. The number of nitrogens with two attached hydrogens (primary N) is 1. The van der Waals surface area contributed by atoms with E-state index in [9.17, 15) is 9.59 Å². The molecule has 0 fully saturated rings. The zero-order valence-corrected chi connectivity index (χ0v) is 8.32. The number of fused-ring (bicyclic) bond motifs is 1. The van der Waals surface area contributed by atoms with E-state index in [2.05, 4.69) is 4.74 Å². The second-order valence-corrected chi connectivity index (χ2v) is 3.63. The number of Topliss-reactive ketones (excluding diaryl/α,β-unsaturated/α-hetero) is 1. The highest BCUT2D eigenvalue weighted by molar-refractivity contribution is 6.19. The zero-order chi connectivity index (χ0) is 11.1. The van der Waals surface area contributed by atoms with Crippen molar-refractivity contribution in [3.63, 3.8) is 0 Å². The Kier molecular flexibility index (Phi) is 2.08. The van der Waals surface area contributed by atoms with Crippen molar-refractivity contribution in [3.8, 4) is 0 Å². The maximum atomic E-state index is 11.9. The minimum Gasteiger partial charge on any atom is -0.467 e. The van der Waals surface area contributed by atoms with Crippen LogP contribution in [0.3, 0.4) is 0 Å². The Labute approximate surface area is 87.0 Å². The molecule has 1 aliphatic carbocycles. The first kappa shape index (κ1) is 9.86. The number of benzene rings is 1. The molecule has 0 bridgehead atoms. The maximum Gasteiger partial charge on any atom is 0.334 e. The van der Waals surface area contributed by atoms with E-state index in [4.69, 9.17) is 5.73 Å². The molecule has 2 N–H and O–H groups in total. The molecule has 0 unspecified atom stereocenters. The van der Waals surface area contributed by atoms with Crippen LogP contribution < -0.4 is 5.73 Å². The molecule has 4 nitrogen and oxygen atoms in total. The predicted octanol–water partition coefficient (Wildman–Crippen LogP) is 0.296. The number of ether oxygens (including phenoxy) is 1. The van der Waals surface area contributed by atoms with Gasteiger partial charge in [0.1, 0.15) is 0 Å². The Balaban J connectivity index is 2.47. The topological polar surface area (TPSA) is 69.4 Å². The number of carbonyl (C=O) groups is 2. The third kappa shape index (κ3) is 1.26. The van der Waals surface area contributed by atoms with Crippen LogP contribution >= 0.6 is 0 Å². The number of esters is 1. The molecule has 1 aliphatic rings. The van der Waals surface area contributed by atoms with Gasteiger partial charge in [0.15, 0.2) is 11.3 Å². The monoisotopic (exact) mass is 205 g/mol. The maximum absolute atomic E-state index is 11.9. The fourth-order valence-corrected chi connectivity index (χ4v) is 1.86. The highest BCUT2D eigenvalue weighted by Crippen LogP contribution is 2.28. The van der Waals surface area contributed by atoms with E-state index in [1.807, 2.05) is 6.07 Å². The first-order valence-corrected chi connectivity index (χ1v) is 4.59. The van der Waals surface area contributed by atoms with Crippen LogP contribution in [0.4, 0.5) is 0 Å². The van der Waals surface area contributed by atoms with Crippen LogP contribution in [0.25, 0.3) is 0 Å². The average molecular weight is 205 g/mol. The number of hydrogen-bond donors (Lipinski definition) is 1. The smallest absolute Gasteiger partial charge is 0.334 e. The number of rotatable bonds is 1. The van der Waals surface area contributed by atoms with Crippen LogP contribution in [0.2, 0.25) is 0 Å². The lowest BCUT2D eigenvalue weighted by atomic mass is 9.96. The van der Waals surface area contributed by atoms with Crippen LogP contribution in [-0.4, -0.2) is 24.4 Å². The van der Waals surface area contributed by atoms with Crippen molar-refractivity contribution in [3.05, 3.63) is 35.4 Å². The van der Waals surface area contributed by atoms with E-state index in [1.165, 1.54) is 7.11 Å². The van der Waals surface area contributed by atoms with Gasteiger partial charge in [-0.3, -0.25) is 4.79 Å². The van der Waals surface area contributed by atoms with E-state index in [0.29, 0.717) is 5.56 Å². The molecule has 1 aromatic rings. The lowest BCUT2D eigenvalue weighted by Gasteiger charge is -2.17. The summed E-state index contributed by atoms with van der Waals surface area (Å²) >= 11 is 0. The van der Waals surface area contributed by atoms with Crippen LogP contribution in [0.5, 0.6) is 0 Å². The minimum atomic E-state index is -1.53. The van der Waals surface area contributed by atoms with Crippen LogP contribution in [-0.2, 0) is 16.0 Å². The summed E-state index contributed by atoms with van der Waals surface area (Å²) in [5.74, 6) is -1.03.